The maximum absolute atomic E-state index is 4.56. The summed E-state index contributed by atoms with van der Waals surface area (Å²) < 4.78 is 0. The first-order chi connectivity index (χ1) is 7.08. The van der Waals surface area contributed by atoms with Crippen molar-refractivity contribution in [3.8, 4) is 0 Å². The van der Waals surface area contributed by atoms with Gasteiger partial charge in [0.15, 0.2) is 0 Å². The van der Waals surface area contributed by atoms with Crippen molar-refractivity contribution in [1.82, 2.24) is 15.0 Å². The van der Waals surface area contributed by atoms with Crippen LogP contribution in [0.2, 0.25) is 0 Å². The molecule has 0 bridgehead atoms. The first-order valence-corrected chi connectivity index (χ1v) is 5.43. The predicted molar refractivity (Wildman–Crippen MR) is 62.1 cm³/mol. The molecule has 3 heteroatoms. The maximum Gasteiger partial charge on any atom is 0.109 e. The van der Waals surface area contributed by atoms with Crippen LogP contribution in [0.5, 0.6) is 0 Å². The van der Waals surface area contributed by atoms with E-state index in [4.69, 9.17) is 0 Å². The van der Waals surface area contributed by atoms with Crippen molar-refractivity contribution in [3.05, 3.63) is 23.8 Å². The first-order valence-electron chi connectivity index (χ1n) is 5.43. The predicted octanol–water partition coefficient (Wildman–Crippen LogP) is 3.20. The molecule has 0 unspecified atom stereocenters. The lowest BCUT2D eigenvalue weighted by atomic mass is 10.1. The number of H-pyrrole nitrogens is 1. The van der Waals surface area contributed by atoms with E-state index in [0.29, 0.717) is 11.8 Å². The summed E-state index contributed by atoms with van der Waals surface area (Å²) in [4.78, 5) is 12.3. The number of hydrogen-bond acceptors (Lipinski definition) is 2. The number of aromatic amines is 1. The molecule has 0 fully saturated rings. The van der Waals surface area contributed by atoms with Gasteiger partial charge in [0, 0.05) is 11.6 Å². The minimum atomic E-state index is 0.430. The molecule has 80 valence electrons. The van der Waals surface area contributed by atoms with Gasteiger partial charge in [-0.1, -0.05) is 27.7 Å². The minimum Gasteiger partial charge on any atom is -0.340 e. The van der Waals surface area contributed by atoms with Gasteiger partial charge in [-0.05, 0) is 12.0 Å². The van der Waals surface area contributed by atoms with Crippen LogP contribution in [0.3, 0.4) is 0 Å². The largest absolute Gasteiger partial charge is 0.340 e. The van der Waals surface area contributed by atoms with Gasteiger partial charge in [0.05, 0.1) is 17.2 Å². The van der Waals surface area contributed by atoms with Crippen molar-refractivity contribution < 1.29 is 0 Å². The highest BCUT2D eigenvalue weighted by Crippen LogP contribution is 2.19. The Balaban J connectivity index is 2.52. The average Bonchev–Trinajstić information content (AvgIpc) is 2.59. The summed E-state index contributed by atoms with van der Waals surface area (Å²) in [5.74, 6) is 1.92. The second-order valence-electron chi connectivity index (χ2n) is 4.56. The minimum absolute atomic E-state index is 0.430. The Morgan fingerprint density at radius 1 is 1.13 bits per heavy atom. The van der Waals surface area contributed by atoms with Gasteiger partial charge in [-0.2, -0.15) is 0 Å². The topological polar surface area (TPSA) is 41.6 Å². The molecular weight excluding hydrogens is 186 g/mol. The molecule has 0 atom stereocenters. The van der Waals surface area contributed by atoms with E-state index >= 15 is 0 Å². The monoisotopic (exact) mass is 203 g/mol. The van der Waals surface area contributed by atoms with E-state index in [0.717, 1.165) is 22.6 Å². The summed E-state index contributed by atoms with van der Waals surface area (Å²) >= 11 is 0. The van der Waals surface area contributed by atoms with Crippen LogP contribution in [0.25, 0.3) is 11.0 Å². The molecule has 0 amide bonds. The zero-order valence-electron chi connectivity index (χ0n) is 9.70. The summed E-state index contributed by atoms with van der Waals surface area (Å²) in [7, 11) is 0. The summed E-state index contributed by atoms with van der Waals surface area (Å²) in [6.07, 6.45) is 1.88. The van der Waals surface area contributed by atoms with E-state index in [2.05, 4.69) is 48.7 Å². The third kappa shape index (κ3) is 1.87. The third-order valence-corrected chi connectivity index (χ3v) is 2.55. The molecule has 3 nitrogen and oxygen atoms in total. The van der Waals surface area contributed by atoms with Gasteiger partial charge in [0.2, 0.25) is 0 Å². The Labute approximate surface area is 90.0 Å². The highest BCUT2D eigenvalue weighted by Gasteiger charge is 2.08. The van der Waals surface area contributed by atoms with Crippen molar-refractivity contribution in [2.45, 2.75) is 39.5 Å². The number of pyridine rings is 1. The van der Waals surface area contributed by atoms with Gasteiger partial charge >= 0.3 is 0 Å². The Bertz CT molecular complexity index is 463. The van der Waals surface area contributed by atoms with E-state index in [-0.39, 0.29) is 0 Å². The molecule has 0 aliphatic carbocycles. The van der Waals surface area contributed by atoms with Gasteiger partial charge in [-0.3, -0.25) is 4.98 Å². The van der Waals surface area contributed by atoms with Gasteiger partial charge in [-0.25, -0.2) is 4.98 Å². The van der Waals surface area contributed by atoms with Crippen LogP contribution < -0.4 is 0 Å². The second-order valence-corrected chi connectivity index (χ2v) is 4.56. The molecule has 0 aliphatic heterocycles. The number of rotatable bonds is 2. The fraction of sp³-hybridized carbons (Fsp3) is 0.500. The van der Waals surface area contributed by atoms with Crippen molar-refractivity contribution in [1.29, 1.82) is 0 Å². The summed E-state index contributed by atoms with van der Waals surface area (Å²) in [6.45, 7) is 8.55. The Morgan fingerprint density at radius 3 is 2.47 bits per heavy atom. The van der Waals surface area contributed by atoms with Gasteiger partial charge in [-0.15, -0.1) is 0 Å². The molecule has 15 heavy (non-hydrogen) atoms. The molecule has 0 saturated carbocycles. The van der Waals surface area contributed by atoms with Crippen LogP contribution >= 0.6 is 0 Å². The Hall–Kier alpha value is -1.38. The van der Waals surface area contributed by atoms with Crippen LogP contribution in [0.4, 0.5) is 0 Å². The van der Waals surface area contributed by atoms with E-state index in [1.165, 1.54) is 0 Å². The highest BCUT2D eigenvalue weighted by atomic mass is 14.9. The zero-order valence-corrected chi connectivity index (χ0v) is 9.70. The number of aromatic nitrogens is 3. The molecule has 0 aliphatic rings. The molecule has 2 aromatic heterocycles. The molecule has 0 aromatic carbocycles. The van der Waals surface area contributed by atoms with Crippen molar-refractivity contribution in [3.63, 3.8) is 0 Å². The molecule has 1 N–H and O–H groups in total. The SMILES string of the molecule is CC(C)c1cc2nc(C(C)C)[nH]c2cn1. The maximum atomic E-state index is 4.56. The number of fused-ring (bicyclic) bond motifs is 1. The van der Waals surface area contributed by atoms with Gasteiger partial charge in [0.25, 0.3) is 0 Å². The zero-order chi connectivity index (χ0) is 11.0. The van der Waals surface area contributed by atoms with Gasteiger partial charge in [0.1, 0.15) is 5.82 Å². The smallest absolute Gasteiger partial charge is 0.109 e. The van der Waals surface area contributed by atoms with Crippen molar-refractivity contribution in [2.75, 3.05) is 0 Å². The first kappa shape index (κ1) is 10.1. The van der Waals surface area contributed by atoms with E-state index in [9.17, 15) is 0 Å². The van der Waals surface area contributed by atoms with E-state index < -0.39 is 0 Å². The summed E-state index contributed by atoms with van der Waals surface area (Å²) in [5.41, 5.74) is 3.16. The lowest BCUT2D eigenvalue weighted by molar-refractivity contribution is 0.799. The quantitative estimate of drug-likeness (QED) is 0.814. The molecule has 2 aromatic rings. The average molecular weight is 203 g/mol. The number of hydrogen-bond donors (Lipinski definition) is 1. The van der Waals surface area contributed by atoms with E-state index in [1.807, 2.05) is 6.20 Å². The molecular formula is C12H17N3. The normalized spacial score (nSPS) is 11.9. The third-order valence-electron chi connectivity index (χ3n) is 2.55. The second kappa shape index (κ2) is 3.65. The van der Waals surface area contributed by atoms with Crippen LogP contribution in [0.15, 0.2) is 12.3 Å². The lowest BCUT2D eigenvalue weighted by Crippen LogP contribution is -1.91. The summed E-state index contributed by atoms with van der Waals surface area (Å²) in [5, 5.41) is 0. The Kier molecular flexibility index (Phi) is 2.47. The molecule has 2 rings (SSSR count). The van der Waals surface area contributed by atoms with Crippen molar-refractivity contribution in [2.24, 2.45) is 0 Å². The lowest BCUT2D eigenvalue weighted by Gasteiger charge is -2.01. The molecule has 0 spiro atoms. The molecule has 0 radical (unpaired) electrons. The van der Waals surface area contributed by atoms with E-state index in [1.54, 1.807) is 0 Å². The number of nitrogens with zero attached hydrogens (tertiary/aromatic N) is 2. The Morgan fingerprint density at radius 2 is 1.87 bits per heavy atom. The van der Waals surface area contributed by atoms with Crippen LogP contribution in [-0.4, -0.2) is 15.0 Å². The fourth-order valence-electron chi connectivity index (χ4n) is 1.53. The van der Waals surface area contributed by atoms with Crippen LogP contribution in [-0.2, 0) is 0 Å². The fourth-order valence-corrected chi connectivity index (χ4v) is 1.53. The standard InChI is InChI=1S/C12H17N3/c1-7(2)9-5-10-11(6-13-9)15-12(14-10)8(3)4/h5-8H,1-4H3,(H,14,15). The summed E-state index contributed by atoms with van der Waals surface area (Å²) in [6, 6.07) is 2.07. The number of imidazole rings is 1. The van der Waals surface area contributed by atoms with Crippen LogP contribution in [0.1, 0.15) is 51.0 Å². The molecule has 2 heterocycles. The molecule has 0 saturated heterocycles. The van der Waals surface area contributed by atoms with Crippen molar-refractivity contribution >= 4 is 11.0 Å². The van der Waals surface area contributed by atoms with Gasteiger partial charge < -0.3 is 4.98 Å². The highest BCUT2D eigenvalue weighted by molar-refractivity contribution is 5.74. The number of nitrogens with one attached hydrogen (secondary N) is 1. The van der Waals surface area contributed by atoms with Crippen LogP contribution in [0, 0.1) is 0 Å².